The van der Waals surface area contributed by atoms with Crippen molar-refractivity contribution in [3.05, 3.63) is 24.0 Å². The monoisotopic (exact) mass is 178 g/mol. The van der Waals surface area contributed by atoms with Gasteiger partial charge in [-0.1, -0.05) is 26.7 Å². The van der Waals surface area contributed by atoms with Gasteiger partial charge in [0.05, 0.1) is 11.9 Å². The standard InChI is InChI=1S/C11H18N2/c1-3-4-5-9(2)11-7-6-10(12)8-13-11/h6-9H,3-5,12H2,1-2H3. The molecule has 0 aliphatic rings. The molecule has 0 spiro atoms. The summed E-state index contributed by atoms with van der Waals surface area (Å²) in [5.74, 6) is 0.556. The third kappa shape index (κ3) is 3.05. The van der Waals surface area contributed by atoms with E-state index in [-0.39, 0.29) is 0 Å². The number of anilines is 1. The second-order valence-corrected chi connectivity index (χ2v) is 3.56. The SMILES string of the molecule is CCCCC(C)c1ccc(N)cn1. The van der Waals surface area contributed by atoms with Crippen molar-refractivity contribution in [1.82, 2.24) is 4.98 Å². The number of aromatic nitrogens is 1. The Morgan fingerprint density at radius 2 is 2.23 bits per heavy atom. The summed E-state index contributed by atoms with van der Waals surface area (Å²) < 4.78 is 0. The van der Waals surface area contributed by atoms with Gasteiger partial charge >= 0.3 is 0 Å². The minimum atomic E-state index is 0.556. The minimum Gasteiger partial charge on any atom is -0.397 e. The number of nitrogens with two attached hydrogens (primary N) is 1. The van der Waals surface area contributed by atoms with Crippen LogP contribution in [0.3, 0.4) is 0 Å². The van der Waals surface area contributed by atoms with Gasteiger partial charge in [0.2, 0.25) is 0 Å². The van der Waals surface area contributed by atoms with E-state index in [0.29, 0.717) is 5.92 Å². The van der Waals surface area contributed by atoms with E-state index in [1.54, 1.807) is 6.20 Å². The van der Waals surface area contributed by atoms with Gasteiger partial charge in [0, 0.05) is 5.69 Å². The lowest BCUT2D eigenvalue weighted by molar-refractivity contribution is 0.611. The number of nitrogen functional groups attached to an aromatic ring is 1. The molecule has 2 heteroatoms. The van der Waals surface area contributed by atoms with Gasteiger partial charge in [0.25, 0.3) is 0 Å². The molecule has 13 heavy (non-hydrogen) atoms. The van der Waals surface area contributed by atoms with Crippen LogP contribution in [-0.4, -0.2) is 4.98 Å². The van der Waals surface area contributed by atoms with E-state index in [1.807, 2.05) is 12.1 Å². The van der Waals surface area contributed by atoms with Crippen LogP contribution in [0.1, 0.15) is 44.7 Å². The first-order valence-corrected chi connectivity index (χ1v) is 4.95. The normalized spacial score (nSPS) is 12.8. The average Bonchev–Trinajstić information content (AvgIpc) is 2.15. The van der Waals surface area contributed by atoms with Crippen molar-refractivity contribution >= 4 is 5.69 Å². The van der Waals surface area contributed by atoms with Crippen molar-refractivity contribution in [3.63, 3.8) is 0 Å². The van der Waals surface area contributed by atoms with Crippen molar-refractivity contribution in [3.8, 4) is 0 Å². The number of nitrogens with zero attached hydrogens (tertiary/aromatic N) is 1. The topological polar surface area (TPSA) is 38.9 Å². The molecule has 2 nitrogen and oxygen atoms in total. The van der Waals surface area contributed by atoms with Crippen LogP contribution in [0.4, 0.5) is 5.69 Å². The lowest BCUT2D eigenvalue weighted by Gasteiger charge is -2.09. The summed E-state index contributed by atoms with van der Waals surface area (Å²) in [6.45, 7) is 4.43. The molecule has 0 fully saturated rings. The molecule has 2 N–H and O–H groups in total. The molecule has 0 saturated heterocycles. The zero-order valence-corrected chi connectivity index (χ0v) is 8.46. The molecule has 72 valence electrons. The third-order valence-corrected chi connectivity index (χ3v) is 2.30. The predicted molar refractivity (Wildman–Crippen MR) is 56.6 cm³/mol. The van der Waals surface area contributed by atoms with E-state index in [0.717, 1.165) is 11.4 Å². The highest BCUT2D eigenvalue weighted by Gasteiger charge is 2.05. The molecule has 0 bridgehead atoms. The van der Waals surface area contributed by atoms with E-state index in [4.69, 9.17) is 5.73 Å². The van der Waals surface area contributed by atoms with Crippen LogP contribution < -0.4 is 5.73 Å². The van der Waals surface area contributed by atoms with E-state index < -0.39 is 0 Å². The maximum Gasteiger partial charge on any atom is 0.0501 e. The van der Waals surface area contributed by atoms with Crippen molar-refractivity contribution in [2.75, 3.05) is 5.73 Å². The van der Waals surface area contributed by atoms with Crippen LogP contribution >= 0.6 is 0 Å². The largest absolute Gasteiger partial charge is 0.397 e. The third-order valence-electron chi connectivity index (χ3n) is 2.30. The fourth-order valence-corrected chi connectivity index (χ4v) is 1.37. The number of unbranched alkanes of at least 4 members (excludes halogenated alkanes) is 1. The summed E-state index contributed by atoms with van der Waals surface area (Å²) in [6, 6.07) is 3.94. The second kappa shape index (κ2) is 4.85. The molecule has 0 aliphatic carbocycles. The van der Waals surface area contributed by atoms with Crippen LogP contribution in [0.25, 0.3) is 0 Å². The molecule has 1 atom stereocenters. The summed E-state index contributed by atoms with van der Waals surface area (Å²) in [6.07, 6.45) is 5.47. The van der Waals surface area contributed by atoms with Crippen LogP contribution in [0.5, 0.6) is 0 Å². The zero-order chi connectivity index (χ0) is 9.68. The Morgan fingerprint density at radius 3 is 2.77 bits per heavy atom. The van der Waals surface area contributed by atoms with Gasteiger partial charge in [-0.25, -0.2) is 0 Å². The summed E-state index contributed by atoms with van der Waals surface area (Å²) in [5.41, 5.74) is 7.46. The summed E-state index contributed by atoms with van der Waals surface area (Å²) >= 11 is 0. The summed E-state index contributed by atoms with van der Waals surface area (Å²) in [5, 5.41) is 0. The van der Waals surface area contributed by atoms with E-state index in [9.17, 15) is 0 Å². The first-order chi connectivity index (χ1) is 6.24. The smallest absolute Gasteiger partial charge is 0.0501 e. The Labute approximate surface area is 80.2 Å². The molecule has 1 rings (SSSR count). The van der Waals surface area contributed by atoms with Crippen molar-refractivity contribution in [1.29, 1.82) is 0 Å². The van der Waals surface area contributed by atoms with Crippen LogP contribution in [-0.2, 0) is 0 Å². The summed E-state index contributed by atoms with van der Waals surface area (Å²) in [4.78, 5) is 4.31. The average molecular weight is 178 g/mol. The summed E-state index contributed by atoms with van der Waals surface area (Å²) in [7, 11) is 0. The van der Waals surface area contributed by atoms with Gasteiger partial charge in [0.15, 0.2) is 0 Å². The quantitative estimate of drug-likeness (QED) is 0.769. The molecule has 0 radical (unpaired) electrons. The zero-order valence-electron chi connectivity index (χ0n) is 8.46. The Kier molecular flexibility index (Phi) is 3.74. The van der Waals surface area contributed by atoms with Crippen LogP contribution in [0.2, 0.25) is 0 Å². The fourth-order valence-electron chi connectivity index (χ4n) is 1.37. The Hall–Kier alpha value is -1.05. The highest BCUT2D eigenvalue weighted by atomic mass is 14.7. The van der Waals surface area contributed by atoms with Crippen LogP contribution in [0.15, 0.2) is 18.3 Å². The first-order valence-electron chi connectivity index (χ1n) is 4.95. The first kappa shape index (κ1) is 10.0. The maximum absolute atomic E-state index is 5.56. The fraction of sp³-hybridized carbons (Fsp3) is 0.545. The van der Waals surface area contributed by atoms with E-state index in [2.05, 4.69) is 18.8 Å². The molecule has 0 amide bonds. The van der Waals surface area contributed by atoms with Gasteiger partial charge in [-0.05, 0) is 24.5 Å². The van der Waals surface area contributed by atoms with Crippen molar-refractivity contribution in [2.24, 2.45) is 0 Å². The minimum absolute atomic E-state index is 0.556. The number of pyridine rings is 1. The van der Waals surface area contributed by atoms with Gasteiger partial charge < -0.3 is 5.73 Å². The Bertz CT molecular complexity index is 241. The molecule has 1 aromatic heterocycles. The molecule has 0 aromatic carbocycles. The van der Waals surface area contributed by atoms with Crippen LogP contribution in [0, 0.1) is 0 Å². The molecule has 1 heterocycles. The number of rotatable bonds is 4. The number of hydrogen-bond acceptors (Lipinski definition) is 2. The second-order valence-electron chi connectivity index (χ2n) is 3.56. The van der Waals surface area contributed by atoms with Gasteiger partial charge in [-0.15, -0.1) is 0 Å². The lowest BCUT2D eigenvalue weighted by atomic mass is 10.0. The van der Waals surface area contributed by atoms with Gasteiger partial charge in [-0.2, -0.15) is 0 Å². The molecule has 1 unspecified atom stereocenters. The highest BCUT2D eigenvalue weighted by Crippen LogP contribution is 2.19. The van der Waals surface area contributed by atoms with Gasteiger partial charge in [0.1, 0.15) is 0 Å². The number of hydrogen-bond donors (Lipinski definition) is 1. The van der Waals surface area contributed by atoms with Crippen molar-refractivity contribution in [2.45, 2.75) is 39.0 Å². The molecule has 0 saturated carbocycles. The molecule has 0 aliphatic heterocycles. The Morgan fingerprint density at radius 1 is 1.46 bits per heavy atom. The molecular formula is C11H18N2. The van der Waals surface area contributed by atoms with E-state index >= 15 is 0 Å². The molecular weight excluding hydrogens is 160 g/mol. The maximum atomic E-state index is 5.56. The van der Waals surface area contributed by atoms with Gasteiger partial charge in [-0.3, -0.25) is 4.98 Å². The lowest BCUT2D eigenvalue weighted by Crippen LogP contribution is -1.97. The highest BCUT2D eigenvalue weighted by molar-refractivity contribution is 5.35. The van der Waals surface area contributed by atoms with E-state index in [1.165, 1.54) is 19.3 Å². The molecule has 1 aromatic rings. The Balaban J connectivity index is 2.55. The van der Waals surface area contributed by atoms with Crippen molar-refractivity contribution < 1.29 is 0 Å². The predicted octanol–water partition coefficient (Wildman–Crippen LogP) is 2.96.